The van der Waals surface area contributed by atoms with Crippen molar-refractivity contribution in [1.29, 1.82) is 5.26 Å². The van der Waals surface area contributed by atoms with Gasteiger partial charge in [-0.1, -0.05) is 24.4 Å². The Morgan fingerprint density at radius 2 is 1.89 bits per heavy atom. The van der Waals surface area contributed by atoms with Crippen LogP contribution in [0.3, 0.4) is 0 Å². The Morgan fingerprint density at radius 3 is 2.44 bits per heavy atom. The fraction of sp³-hybridized carbons (Fsp3) is 0.500. The zero-order valence-electron chi connectivity index (χ0n) is 10.6. The standard InChI is InChI=1S/C14H17ClN2O/c1-18-13-7-6-12(15)14(11(13)10-16)17-8-4-2-3-5-9-17/h6-7H,2-5,8-9H2,1H3. The normalized spacial score (nSPS) is 15.9. The second-order valence-electron chi connectivity index (χ2n) is 4.49. The summed E-state index contributed by atoms with van der Waals surface area (Å²) in [6, 6.07) is 5.78. The molecule has 1 aliphatic rings. The van der Waals surface area contributed by atoms with Gasteiger partial charge in [-0.3, -0.25) is 0 Å². The summed E-state index contributed by atoms with van der Waals surface area (Å²) in [5.74, 6) is 0.598. The van der Waals surface area contributed by atoms with E-state index >= 15 is 0 Å². The topological polar surface area (TPSA) is 36.3 Å². The number of methoxy groups -OCH3 is 1. The molecule has 0 saturated carbocycles. The monoisotopic (exact) mass is 264 g/mol. The van der Waals surface area contributed by atoms with Crippen LogP contribution in [0.1, 0.15) is 31.2 Å². The van der Waals surface area contributed by atoms with Crippen LogP contribution in [0.25, 0.3) is 0 Å². The molecule has 1 fully saturated rings. The molecule has 3 nitrogen and oxygen atoms in total. The van der Waals surface area contributed by atoms with Crippen LogP contribution < -0.4 is 9.64 Å². The highest BCUT2D eigenvalue weighted by Gasteiger charge is 2.19. The van der Waals surface area contributed by atoms with Crippen molar-refractivity contribution in [2.24, 2.45) is 0 Å². The van der Waals surface area contributed by atoms with Gasteiger partial charge in [-0.05, 0) is 25.0 Å². The third-order valence-electron chi connectivity index (χ3n) is 3.34. The molecular weight excluding hydrogens is 248 g/mol. The lowest BCUT2D eigenvalue weighted by molar-refractivity contribution is 0.413. The van der Waals surface area contributed by atoms with Crippen LogP contribution in [-0.4, -0.2) is 20.2 Å². The summed E-state index contributed by atoms with van der Waals surface area (Å²) in [5, 5.41) is 9.97. The van der Waals surface area contributed by atoms with Crippen molar-refractivity contribution in [2.45, 2.75) is 25.7 Å². The lowest BCUT2D eigenvalue weighted by atomic mass is 10.1. The van der Waals surface area contributed by atoms with E-state index in [0.29, 0.717) is 16.3 Å². The number of halogens is 1. The first-order valence-electron chi connectivity index (χ1n) is 6.29. The van der Waals surface area contributed by atoms with Gasteiger partial charge in [-0.2, -0.15) is 5.26 Å². The first kappa shape index (κ1) is 13.0. The predicted octanol–water partition coefficient (Wildman–Crippen LogP) is 3.60. The third-order valence-corrected chi connectivity index (χ3v) is 3.65. The maximum absolute atomic E-state index is 9.34. The Kier molecular flexibility index (Phi) is 4.33. The molecule has 0 amide bonds. The summed E-state index contributed by atoms with van der Waals surface area (Å²) in [6.07, 6.45) is 4.80. The van der Waals surface area contributed by atoms with Crippen molar-refractivity contribution in [3.63, 3.8) is 0 Å². The van der Waals surface area contributed by atoms with Gasteiger partial charge in [0, 0.05) is 13.1 Å². The van der Waals surface area contributed by atoms with E-state index in [2.05, 4.69) is 11.0 Å². The maximum atomic E-state index is 9.34. The molecule has 96 valence electrons. The second-order valence-corrected chi connectivity index (χ2v) is 4.89. The lowest BCUT2D eigenvalue weighted by Gasteiger charge is -2.25. The van der Waals surface area contributed by atoms with Gasteiger partial charge in [0.25, 0.3) is 0 Å². The number of ether oxygens (including phenoxy) is 1. The van der Waals surface area contributed by atoms with Crippen molar-refractivity contribution in [3.8, 4) is 11.8 Å². The number of hydrogen-bond acceptors (Lipinski definition) is 3. The predicted molar refractivity (Wildman–Crippen MR) is 73.4 cm³/mol. The molecule has 1 heterocycles. The Morgan fingerprint density at radius 1 is 1.22 bits per heavy atom. The second kappa shape index (κ2) is 5.97. The van der Waals surface area contributed by atoms with E-state index in [-0.39, 0.29) is 0 Å². The highest BCUT2D eigenvalue weighted by molar-refractivity contribution is 6.33. The molecule has 0 aliphatic carbocycles. The number of anilines is 1. The quantitative estimate of drug-likeness (QED) is 0.819. The highest BCUT2D eigenvalue weighted by atomic mass is 35.5. The highest BCUT2D eigenvalue weighted by Crippen LogP contribution is 2.36. The van der Waals surface area contributed by atoms with Crippen LogP contribution in [0, 0.1) is 11.3 Å². The Hall–Kier alpha value is -1.40. The molecule has 0 radical (unpaired) electrons. The molecule has 1 saturated heterocycles. The zero-order valence-corrected chi connectivity index (χ0v) is 11.3. The molecule has 0 bridgehead atoms. The van der Waals surface area contributed by atoms with E-state index < -0.39 is 0 Å². The van der Waals surface area contributed by atoms with Gasteiger partial charge in [0.2, 0.25) is 0 Å². The average molecular weight is 265 g/mol. The summed E-state index contributed by atoms with van der Waals surface area (Å²) in [7, 11) is 1.58. The van der Waals surface area contributed by atoms with Gasteiger partial charge in [-0.25, -0.2) is 0 Å². The molecule has 1 aromatic carbocycles. The van der Waals surface area contributed by atoms with Gasteiger partial charge in [0.15, 0.2) is 0 Å². The van der Waals surface area contributed by atoms with Crippen molar-refractivity contribution in [3.05, 3.63) is 22.7 Å². The molecule has 0 spiro atoms. The summed E-state index contributed by atoms with van der Waals surface area (Å²) in [5.41, 5.74) is 1.38. The minimum atomic E-state index is 0.548. The third kappa shape index (κ3) is 2.54. The molecule has 2 rings (SSSR count). The Bertz CT molecular complexity index is 460. The van der Waals surface area contributed by atoms with E-state index in [9.17, 15) is 5.26 Å². The van der Waals surface area contributed by atoms with Crippen LogP contribution in [0.4, 0.5) is 5.69 Å². The molecule has 0 N–H and O–H groups in total. The summed E-state index contributed by atoms with van der Waals surface area (Å²) >= 11 is 6.28. The first-order valence-corrected chi connectivity index (χ1v) is 6.67. The van der Waals surface area contributed by atoms with Crippen LogP contribution in [0.15, 0.2) is 12.1 Å². The summed E-state index contributed by atoms with van der Waals surface area (Å²) < 4.78 is 5.25. The van der Waals surface area contributed by atoms with Crippen molar-refractivity contribution in [1.82, 2.24) is 0 Å². The lowest BCUT2D eigenvalue weighted by Crippen LogP contribution is -2.25. The summed E-state index contributed by atoms with van der Waals surface area (Å²) in [6.45, 7) is 1.92. The van der Waals surface area contributed by atoms with Gasteiger partial charge < -0.3 is 9.64 Å². The maximum Gasteiger partial charge on any atom is 0.138 e. The van der Waals surface area contributed by atoms with E-state index in [1.54, 1.807) is 19.2 Å². The molecule has 0 aromatic heterocycles. The number of nitriles is 1. The molecule has 4 heteroatoms. The average Bonchev–Trinajstić information content (AvgIpc) is 2.67. The van der Waals surface area contributed by atoms with Crippen LogP contribution in [0.2, 0.25) is 5.02 Å². The molecule has 18 heavy (non-hydrogen) atoms. The SMILES string of the molecule is COc1ccc(Cl)c(N2CCCCCC2)c1C#N. The minimum Gasteiger partial charge on any atom is -0.495 e. The largest absolute Gasteiger partial charge is 0.495 e. The van der Waals surface area contributed by atoms with E-state index in [0.717, 1.165) is 31.6 Å². The van der Waals surface area contributed by atoms with Gasteiger partial charge in [-0.15, -0.1) is 0 Å². The number of rotatable bonds is 2. The van der Waals surface area contributed by atoms with E-state index in [4.69, 9.17) is 16.3 Å². The fourth-order valence-corrected chi connectivity index (χ4v) is 2.71. The number of nitrogens with zero attached hydrogens (tertiary/aromatic N) is 2. The van der Waals surface area contributed by atoms with Gasteiger partial charge >= 0.3 is 0 Å². The van der Waals surface area contributed by atoms with Crippen molar-refractivity contribution >= 4 is 17.3 Å². The summed E-state index contributed by atoms with van der Waals surface area (Å²) in [4.78, 5) is 2.22. The molecule has 1 aliphatic heterocycles. The van der Waals surface area contributed by atoms with Crippen molar-refractivity contribution in [2.75, 3.05) is 25.1 Å². The smallest absolute Gasteiger partial charge is 0.138 e. The molecule has 1 aromatic rings. The molecule has 0 unspecified atom stereocenters. The van der Waals surface area contributed by atoms with E-state index in [1.165, 1.54) is 12.8 Å². The number of benzene rings is 1. The molecular formula is C14H17ClN2O. The van der Waals surface area contributed by atoms with Gasteiger partial charge in [0.05, 0.1) is 17.8 Å². The zero-order chi connectivity index (χ0) is 13.0. The minimum absolute atomic E-state index is 0.548. The molecule has 0 atom stereocenters. The first-order chi connectivity index (χ1) is 8.77. The Labute approximate surface area is 113 Å². The number of hydrogen-bond donors (Lipinski definition) is 0. The fourth-order valence-electron chi connectivity index (χ4n) is 2.43. The Balaban J connectivity index is 2.44. The van der Waals surface area contributed by atoms with Crippen LogP contribution in [-0.2, 0) is 0 Å². The van der Waals surface area contributed by atoms with Crippen LogP contribution >= 0.6 is 11.6 Å². The van der Waals surface area contributed by atoms with Crippen LogP contribution in [0.5, 0.6) is 5.75 Å². The van der Waals surface area contributed by atoms with Gasteiger partial charge in [0.1, 0.15) is 17.4 Å². The van der Waals surface area contributed by atoms with E-state index in [1.807, 2.05) is 0 Å². The van der Waals surface area contributed by atoms with Crippen molar-refractivity contribution < 1.29 is 4.74 Å².